The number of benzene rings is 1. The van der Waals surface area contributed by atoms with Crippen LogP contribution in [0.3, 0.4) is 0 Å². The van der Waals surface area contributed by atoms with Crippen LogP contribution in [0.4, 0.5) is 11.4 Å². The van der Waals surface area contributed by atoms with Gasteiger partial charge in [-0.3, -0.25) is 0 Å². The SMILES string of the molecule is COc1ccc(N=O)c(N)c1. The van der Waals surface area contributed by atoms with E-state index in [4.69, 9.17) is 10.5 Å². The molecule has 0 amide bonds. The lowest BCUT2D eigenvalue weighted by Crippen LogP contribution is -1.87. The molecule has 0 aliphatic carbocycles. The molecule has 0 aliphatic heterocycles. The smallest absolute Gasteiger partial charge is 0.131 e. The zero-order valence-electron chi connectivity index (χ0n) is 6.07. The van der Waals surface area contributed by atoms with Gasteiger partial charge in [0.25, 0.3) is 0 Å². The summed E-state index contributed by atoms with van der Waals surface area (Å²) >= 11 is 0. The van der Waals surface area contributed by atoms with Crippen LogP contribution in [0.1, 0.15) is 0 Å². The van der Waals surface area contributed by atoms with Gasteiger partial charge in [0.2, 0.25) is 0 Å². The molecule has 0 unspecified atom stereocenters. The van der Waals surface area contributed by atoms with Crippen molar-refractivity contribution in [2.75, 3.05) is 12.8 Å². The maximum atomic E-state index is 10.1. The zero-order chi connectivity index (χ0) is 8.27. The summed E-state index contributed by atoms with van der Waals surface area (Å²) in [6.45, 7) is 0. The Morgan fingerprint density at radius 1 is 1.55 bits per heavy atom. The Bertz CT molecular complexity index is 273. The quantitative estimate of drug-likeness (QED) is 0.517. The van der Waals surface area contributed by atoms with Gasteiger partial charge in [-0.05, 0) is 17.3 Å². The molecule has 1 aromatic carbocycles. The first-order valence-corrected chi connectivity index (χ1v) is 3.05. The van der Waals surface area contributed by atoms with Crippen molar-refractivity contribution in [2.24, 2.45) is 5.18 Å². The molecule has 2 N–H and O–H groups in total. The maximum absolute atomic E-state index is 10.1. The molecule has 11 heavy (non-hydrogen) atoms. The highest BCUT2D eigenvalue weighted by molar-refractivity contribution is 5.64. The molecule has 0 spiro atoms. The third kappa shape index (κ3) is 1.46. The first-order valence-electron chi connectivity index (χ1n) is 3.05. The van der Waals surface area contributed by atoms with Crippen LogP contribution in [0.2, 0.25) is 0 Å². The van der Waals surface area contributed by atoms with Crippen LogP contribution >= 0.6 is 0 Å². The molecule has 0 saturated carbocycles. The van der Waals surface area contributed by atoms with E-state index in [1.807, 2.05) is 0 Å². The van der Waals surface area contributed by atoms with Crippen molar-refractivity contribution in [1.82, 2.24) is 0 Å². The van der Waals surface area contributed by atoms with E-state index in [-0.39, 0.29) is 5.69 Å². The summed E-state index contributed by atoms with van der Waals surface area (Å²) in [6.07, 6.45) is 0. The number of nitrogen functional groups attached to an aromatic ring is 1. The molecule has 0 atom stereocenters. The highest BCUT2D eigenvalue weighted by Crippen LogP contribution is 2.25. The van der Waals surface area contributed by atoms with Crippen LogP contribution in [0.5, 0.6) is 5.75 Å². The van der Waals surface area contributed by atoms with Gasteiger partial charge in [-0.25, -0.2) is 0 Å². The minimum atomic E-state index is 0.241. The van der Waals surface area contributed by atoms with E-state index in [1.54, 1.807) is 12.1 Å². The van der Waals surface area contributed by atoms with E-state index < -0.39 is 0 Å². The number of hydrogen-bond donors (Lipinski definition) is 1. The fourth-order valence-corrected chi connectivity index (χ4v) is 0.743. The van der Waals surface area contributed by atoms with Gasteiger partial charge in [-0.15, -0.1) is 4.91 Å². The summed E-state index contributed by atoms with van der Waals surface area (Å²) in [6, 6.07) is 4.70. The summed E-state index contributed by atoms with van der Waals surface area (Å²) in [5.41, 5.74) is 6.01. The number of nitrogens with zero attached hydrogens (tertiary/aromatic N) is 1. The molecular formula is C7H8N2O2. The van der Waals surface area contributed by atoms with Gasteiger partial charge >= 0.3 is 0 Å². The Hall–Kier alpha value is -1.58. The number of nitrogens with two attached hydrogens (primary N) is 1. The third-order valence-corrected chi connectivity index (χ3v) is 1.33. The van der Waals surface area contributed by atoms with Crippen molar-refractivity contribution in [3.8, 4) is 5.75 Å². The molecule has 4 nitrogen and oxygen atoms in total. The normalized spacial score (nSPS) is 9.18. The molecule has 58 valence electrons. The summed E-state index contributed by atoms with van der Waals surface area (Å²) in [5, 5.41) is 2.71. The summed E-state index contributed by atoms with van der Waals surface area (Å²) in [4.78, 5) is 10.1. The van der Waals surface area contributed by atoms with Gasteiger partial charge in [-0.2, -0.15) is 0 Å². The largest absolute Gasteiger partial charge is 0.497 e. The first-order chi connectivity index (χ1) is 5.27. The number of anilines is 1. The molecule has 0 radical (unpaired) electrons. The predicted octanol–water partition coefficient (Wildman–Crippen LogP) is 1.68. The summed E-state index contributed by atoms with van der Waals surface area (Å²) in [5.74, 6) is 0.620. The van der Waals surface area contributed by atoms with E-state index in [2.05, 4.69) is 5.18 Å². The summed E-state index contributed by atoms with van der Waals surface area (Å²) in [7, 11) is 1.53. The number of nitroso groups, excluding NO2 is 1. The zero-order valence-corrected chi connectivity index (χ0v) is 6.07. The van der Waals surface area contributed by atoms with E-state index in [0.29, 0.717) is 11.4 Å². The Kier molecular flexibility index (Phi) is 2.06. The van der Waals surface area contributed by atoms with Crippen molar-refractivity contribution in [2.45, 2.75) is 0 Å². The van der Waals surface area contributed by atoms with Crippen molar-refractivity contribution >= 4 is 11.4 Å². The molecule has 4 heteroatoms. The number of ether oxygens (including phenoxy) is 1. The molecular weight excluding hydrogens is 144 g/mol. The molecule has 0 fully saturated rings. The van der Waals surface area contributed by atoms with Crippen molar-refractivity contribution in [1.29, 1.82) is 0 Å². The number of methoxy groups -OCH3 is 1. The molecule has 0 heterocycles. The predicted molar refractivity (Wildman–Crippen MR) is 42.9 cm³/mol. The van der Waals surface area contributed by atoms with Gasteiger partial charge in [0.1, 0.15) is 11.4 Å². The average Bonchev–Trinajstić information content (AvgIpc) is 2.04. The van der Waals surface area contributed by atoms with Gasteiger partial charge in [0.05, 0.1) is 12.8 Å². The van der Waals surface area contributed by atoms with E-state index in [9.17, 15) is 4.91 Å². The lowest BCUT2D eigenvalue weighted by atomic mass is 10.2. The monoisotopic (exact) mass is 152 g/mol. The van der Waals surface area contributed by atoms with E-state index in [1.165, 1.54) is 13.2 Å². The van der Waals surface area contributed by atoms with Crippen LogP contribution in [0.15, 0.2) is 23.4 Å². The fourth-order valence-electron chi connectivity index (χ4n) is 0.743. The molecule has 0 bridgehead atoms. The van der Waals surface area contributed by atoms with Crippen LogP contribution < -0.4 is 10.5 Å². The Labute approximate surface area is 63.9 Å². The highest BCUT2D eigenvalue weighted by atomic mass is 16.5. The lowest BCUT2D eigenvalue weighted by molar-refractivity contribution is 0.415. The third-order valence-electron chi connectivity index (χ3n) is 1.33. The lowest BCUT2D eigenvalue weighted by Gasteiger charge is -2.00. The second-order valence-corrected chi connectivity index (χ2v) is 2.02. The van der Waals surface area contributed by atoms with Crippen molar-refractivity contribution in [3.05, 3.63) is 23.1 Å². The van der Waals surface area contributed by atoms with Gasteiger partial charge < -0.3 is 10.5 Å². The van der Waals surface area contributed by atoms with Gasteiger partial charge in [-0.1, -0.05) is 0 Å². The summed E-state index contributed by atoms with van der Waals surface area (Å²) < 4.78 is 4.87. The fraction of sp³-hybridized carbons (Fsp3) is 0.143. The minimum absolute atomic E-state index is 0.241. The number of hydrogen-bond acceptors (Lipinski definition) is 4. The van der Waals surface area contributed by atoms with Crippen molar-refractivity contribution < 1.29 is 4.74 Å². The highest BCUT2D eigenvalue weighted by Gasteiger charge is 1.99. The number of rotatable bonds is 2. The molecule has 0 saturated heterocycles. The van der Waals surface area contributed by atoms with E-state index >= 15 is 0 Å². The Morgan fingerprint density at radius 2 is 2.27 bits per heavy atom. The average molecular weight is 152 g/mol. The maximum Gasteiger partial charge on any atom is 0.131 e. The van der Waals surface area contributed by atoms with Crippen LogP contribution in [0, 0.1) is 4.91 Å². The van der Waals surface area contributed by atoms with Gasteiger partial charge in [0, 0.05) is 6.07 Å². The second kappa shape index (κ2) is 3.01. The Morgan fingerprint density at radius 3 is 2.73 bits per heavy atom. The van der Waals surface area contributed by atoms with Crippen LogP contribution in [0.25, 0.3) is 0 Å². The standard InChI is InChI=1S/C7H8N2O2/c1-11-5-2-3-7(9-10)6(8)4-5/h2-4H,8H2,1H3. The molecule has 1 aromatic rings. The van der Waals surface area contributed by atoms with Crippen molar-refractivity contribution in [3.63, 3.8) is 0 Å². The first kappa shape index (κ1) is 7.53. The topological polar surface area (TPSA) is 64.7 Å². The minimum Gasteiger partial charge on any atom is -0.497 e. The molecule has 1 rings (SSSR count). The Balaban J connectivity index is 3.09. The van der Waals surface area contributed by atoms with E-state index in [0.717, 1.165) is 0 Å². The molecule has 0 aliphatic rings. The second-order valence-electron chi connectivity index (χ2n) is 2.02. The van der Waals surface area contributed by atoms with Crippen LogP contribution in [-0.4, -0.2) is 7.11 Å². The van der Waals surface area contributed by atoms with Crippen LogP contribution in [-0.2, 0) is 0 Å². The van der Waals surface area contributed by atoms with Gasteiger partial charge in [0.15, 0.2) is 0 Å². The molecule has 0 aromatic heterocycles.